The maximum absolute atomic E-state index is 11.0. The fraction of sp³-hybridized carbons (Fsp3) is 0.750. The Balaban J connectivity index is 3.90. The zero-order valence-corrected chi connectivity index (χ0v) is 9.01. The molecule has 5 heteroatoms. The molecule has 0 spiro atoms. The highest BCUT2D eigenvalue weighted by atomic mass is 31.1. The van der Waals surface area contributed by atoms with Gasteiger partial charge in [0.15, 0.2) is 6.35 Å². The highest BCUT2D eigenvalue weighted by Gasteiger charge is 2.15. The van der Waals surface area contributed by atoms with Crippen molar-refractivity contribution in [1.82, 2.24) is 0 Å². The van der Waals surface area contributed by atoms with Gasteiger partial charge >= 0.3 is 5.97 Å². The summed E-state index contributed by atoms with van der Waals surface area (Å²) in [5.41, 5.74) is -0.518. The van der Waals surface area contributed by atoms with Crippen LogP contribution in [0.5, 0.6) is 0 Å². The minimum absolute atomic E-state index is 0.0208. The summed E-state index contributed by atoms with van der Waals surface area (Å²) < 4.78 is 4.95. The van der Waals surface area contributed by atoms with Crippen LogP contribution in [0.25, 0.3) is 0 Å². The van der Waals surface area contributed by atoms with Gasteiger partial charge in [-0.1, -0.05) is 0 Å². The van der Waals surface area contributed by atoms with Crippen molar-refractivity contribution in [3.63, 3.8) is 0 Å². The number of aliphatic hydroxyl groups excluding tert-OH is 1. The molecule has 0 aliphatic carbocycles. The van der Waals surface area contributed by atoms with Crippen LogP contribution in [0.3, 0.4) is 0 Å². The van der Waals surface area contributed by atoms with Crippen molar-refractivity contribution in [3.05, 3.63) is 0 Å². The summed E-state index contributed by atoms with van der Waals surface area (Å²) in [5.74, 6) is 0.841. The number of carbonyl (C=O) groups is 1. The zero-order valence-electron chi connectivity index (χ0n) is 8.11. The van der Waals surface area contributed by atoms with Gasteiger partial charge in [-0.05, 0) is 20.8 Å². The van der Waals surface area contributed by atoms with Crippen molar-refractivity contribution in [1.29, 1.82) is 0 Å². The van der Waals surface area contributed by atoms with Gasteiger partial charge in [-0.3, -0.25) is 4.79 Å². The summed E-state index contributed by atoms with van der Waals surface area (Å²) in [6.07, 6.45) is -0.439. The molecule has 0 aromatic rings. The van der Waals surface area contributed by atoms with Gasteiger partial charge < -0.3 is 14.7 Å². The van der Waals surface area contributed by atoms with Crippen molar-refractivity contribution in [2.24, 2.45) is 0 Å². The van der Waals surface area contributed by atoms with Crippen molar-refractivity contribution in [2.45, 2.75) is 32.8 Å². The van der Waals surface area contributed by atoms with Gasteiger partial charge in [-0.15, -0.1) is 0 Å². The molecule has 0 aliphatic heterocycles. The van der Waals surface area contributed by atoms with E-state index in [9.17, 15) is 9.69 Å². The third-order valence-corrected chi connectivity index (χ3v) is 1.89. The van der Waals surface area contributed by atoms with Crippen molar-refractivity contribution in [3.8, 4) is 0 Å². The second-order valence-corrected chi connectivity index (χ2v) is 5.01. The molecule has 0 aromatic heterocycles. The Hall–Kier alpha value is -0.440. The van der Waals surface area contributed by atoms with Crippen LogP contribution in [0.1, 0.15) is 27.2 Å². The summed E-state index contributed by atoms with van der Waals surface area (Å²) in [6, 6.07) is 0. The SMILES string of the molecule is CC(C)(C)OC(=O)CC=[P+]([O-])CO. The molecule has 0 aliphatic rings. The molecule has 0 heterocycles. The van der Waals surface area contributed by atoms with Crippen LogP contribution >= 0.6 is 7.77 Å². The molecule has 0 aromatic carbocycles. The third-order valence-electron chi connectivity index (χ3n) is 1.02. The smallest absolute Gasteiger partial charge is 0.314 e. The Kier molecular flexibility index (Phi) is 5.14. The Morgan fingerprint density at radius 1 is 1.62 bits per heavy atom. The highest BCUT2D eigenvalue weighted by molar-refractivity contribution is 7.49. The second kappa shape index (κ2) is 5.32. The van der Waals surface area contributed by atoms with Crippen molar-refractivity contribution >= 4 is 19.5 Å². The summed E-state index contributed by atoms with van der Waals surface area (Å²) in [4.78, 5) is 21.7. The lowest BCUT2D eigenvalue weighted by Gasteiger charge is -2.18. The molecule has 4 nitrogen and oxygen atoms in total. The molecule has 0 saturated heterocycles. The van der Waals surface area contributed by atoms with E-state index in [1.807, 2.05) is 0 Å². The topological polar surface area (TPSA) is 69.6 Å². The Labute approximate surface area is 79.0 Å². The van der Waals surface area contributed by atoms with Gasteiger partial charge in [0.05, 0.1) is 13.6 Å². The number of hydrogen-bond donors (Lipinski definition) is 1. The number of ether oxygens (including phenoxy) is 1. The van der Waals surface area contributed by atoms with Gasteiger partial charge in [-0.25, -0.2) is 0 Å². The molecular formula is C8H15O4P. The largest absolute Gasteiger partial charge is 0.629 e. The predicted octanol–water partition coefficient (Wildman–Crippen LogP) is 0.227. The van der Waals surface area contributed by atoms with Crippen molar-refractivity contribution in [2.75, 3.05) is 6.35 Å². The standard InChI is InChI=1S/C8H15O4P/c1-8(2,3)12-7(10)4-5-13(11)6-9/h5,9H,4,6H2,1-3H3. The molecule has 0 bridgehead atoms. The third kappa shape index (κ3) is 7.91. The predicted molar refractivity (Wildman–Crippen MR) is 50.5 cm³/mol. The minimum Gasteiger partial charge on any atom is -0.629 e. The average Bonchev–Trinajstić information content (AvgIpc) is 1.97. The van der Waals surface area contributed by atoms with Crippen LogP contribution < -0.4 is 4.89 Å². The molecule has 13 heavy (non-hydrogen) atoms. The van der Waals surface area contributed by atoms with E-state index in [0.29, 0.717) is 0 Å². The lowest BCUT2D eigenvalue weighted by atomic mass is 10.2. The molecule has 0 fully saturated rings. The van der Waals surface area contributed by atoms with Crippen LogP contribution in [-0.2, 0) is 9.53 Å². The quantitative estimate of drug-likeness (QED) is 0.530. The Morgan fingerprint density at radius 3 is 2.54 bits per heavy atom. The van der Waals surface area contributed by atoms with Crippen LogP contribution in [0.15, 0.2) is 0 Å². The average molecular weight is 206 g/mol. The molecule has 1 unspecified atom stereocenters. The van der Waals surface area contributed by atoms with Crippen LogP contribution in [-0.4, -0.2) is 28.8 Å². The maximum Gasteiger partial charge on any atom is 0.314 e. The van der Waals surface area contributed by atoms with Gasteiger partial charge in [0.25, 0.3) is 0 Å². The summed E-state index contributed by atoms with van der Waals surface area (Å²) in [6.45, 7) is 5.28. The first-order valence-electron chi connectivity index (χ1n) is 3.95. The fourth-order valence-corrected chi connectivity index (χ4v) is 1.09. The van der Waals surface area contributed by atoms with E-state index in [0.717, 1.165) is 0 Å². The summed E-state index contributed by atoms with van der Waals surface area (Å²) >= 11 is 0. The minimum atomic E-state index is -1.77. The molecule has 0 amide bonds. The zero-order chi connectivity index (χ0) is 10.5. The van der Waals surface area contributed by atoms with E-state index in [1.165, 1.54) is 5.80 Å². The highest BCUT2D eigenvalue weighted by Crippen LogP contribution is 2.10. The lowest BCUT2D eigenvalue weighted by Crippen LogP contribution is -2.23. The Bertz CT molecular complexity index is 205. The number of esters is 1. The van der Waals surface area contributed by atoms with E-state index in [-0.39, 0.29) is 6.42 Å². The van der Waals surface area contributed by atoms with Gasteiger partial charge in [0, 0.05) is 0 Å². The van der Waals surface area contributed by atoms with E-state index in [4.69, 9.17) is 9.84 Å². The monoisotopic (exact) mass is 206 g/mol. The Morgan fingerprint density at radius 2 is 2.15 bits per heavy atom. The summed E-state index contributed by atoms with van der Waals surface area (Å²) in [7, 11) is -1.77. The van der Waals surface area contributed by atoms with Gasteiger partial charge in [0.1, 0.15) is 12.0 Å². The second-order valence-electron chi connectivity index (χ2n) is 3.53. The molecule has 0 radical (unpaired) electrons. The number of carbonyl (C=O) groups excluding carboxylic acids is 1. The van der Waals surface area contributed by atoms with E-state index < -0.39 is 25.7 Å². The molecule has 0 rings (SSSR count). The first-order chi connectivity index (χ1) is 5.85. The summed E-state index contributed by atoms with van der Waals surface area (Å²) in [5, 5.41) is 8.41. The normalized spacial score (nSPS) is 12.8. The van der Waals surface area contributed by atoms with Gasteiger partial charge in [0.2, 0.25) is 0 Å². The van der Waals surface area contributed by atoms with E-state index in [2.05, 4.69) is 0 Å². The molecule has 1 N–H and O–H groups in total. The first kappa shape index (κ1) is 12.6. The first-order valence-corrected chi connectivity index (χ1v) is 5.46. The molecule has 76 valence electrons. The van der Waals surface area contributed by atoms with Crippen LogP contribution in [0, 0.1) is 0 Å². The van der Waals surface area contributed by atoms with Crippen LogP contribution in [0.2, 0.25) is 0 Å². The lowest BCUT2D eigenvalue weighted by molar-refractivity contribution is -0.157. The number of aliphatic hydroxyl groups is 1. The fourth-order valence-electron chi connectivity index (χ4n) is 0.617. The number of rotatable bonds is 3. The number of hydrogen-bond acceptors (Lipinski definition) is 4. The van der Waals surface area contributed by atoms with E-state index in [1.54, 1.807) is 20.8 Å². The maximum atomic E-state index is 11.0. The van der Waals surface area contributed by atoms with E-state index >= 15 is 0 Å². The molecular weight excluding hydrogens is 191 g/mol. The molecule has 0 saturated carbocycles. The van der Waals surface area contributed by atoms with Gasteiger partial charge in [-0.2, -0.15) is 0 Å². The molecule has 1 atom stereocenters. The van der Waals surface area contributed by atoms with Crippen LogP contribution in [0.4, 0.5) is 0 Å². The van der Waals surface area contributed by atoms with Crippen molar-refractivity contribution < 1.29 is 19.5 Å².